The van der Waals surface area contributed by atoms with Crippen molar-refractivity contribution in [1.82, 2.24) is 15.5 Å². The highest BCUT2D eigenvalue weighted by molar-refractivity contribution is 6.04. The Morgan fingerprint density at radius 3 is 3.26 bits per heavy atom. The number of fused-ring (bicyclic) bond motifs is 1. The van der Waals surface area contributed by atoms with E-state index in [1.165, 1.54) is 12.1 Å². The van der Waals surface area contributed by atoms with E-state index < -0.39 is 0 Å². The highest BCUT2D eigenvalue weighted by Gasteiger charge is 2.19. The fraction of sp³-hybridized carbons (Fsp3) is 0.385. The zero-order chi connectivity index (χ0) is 13.2. The zero-order valence-electron chi connectivity index (χ0n) is 10.3. The number of ether oxygens (including phenoxy) is 1. The smallest absolute Gasteiger partial charge is 0.272 e. The molecule has 1 amide bonds. The van der Waals surface area contributed by atoms with Gasteiger partial charge in [-0.05, 0) is 31.0 Å². The first-order valence-corrected chi connectivity index (χ1v) is 6.27. The van der Waals surface area contributed by atoms with E-state index in [1.54, 1.807) is 6.07 Å². The summed E-state index contributed by atoms with van der Waals surface area (Å²) in [5, 5.41) is 9.91. The molecular formula is C13H14FN3O2. The first-order valence-electron chi connectivity index (χ1n) is 6.27. The fourth-order valence-corrected chi connectivity index (χ4v) is 2.25. The average Bonchev–Trinajstić information content (AvgIpc) is 3.04. The summed E-state index contributed by atoms with van der Waals surface area (Å²) in [6.07, 6.45) is 2.05. The highest BCUT2D eigenvalue weighted by atomic mass is 19.1. The van der Waals surface area contributed by atoms with Gasteiger partial charge in [0.25, 0.3) is 5.91 Å². The summed E-state index contributed by atoms with van der Waals surface area (Å²) in [6.45, 7) is 1.21. The van der Waals surface area contributed by atoms with Gasteiger partial charge in [0.2, 0.25) is 0 Å². The van der Waals surface area contributed by atoms with Crippen molar-refractivity contribution < 1.29 is 13.9 Å². The lowest BCUT2D eigenvalue weighted by Gasteiger charge is -2.09. The van der Waals surface area contributed by atoms with Gasteiger partial charge in [-0.1, -0.05) is 0 Å². The molecule has 3 rings (SSSR count). The molecule has 0 bridgehead atoms. The lowest BCUT2D eigenvalue weighted by atomic mass is 10.2. The van der Waals surface area contributed by atoms with Gasteiger partial charge in [-0.15, -0.1) is 0 Å². The van der Waals surface area contributed by atoms with E-state index in [-0.39, 0.29) is 23.5 Å². The summed E-state index contributed by atoms with van der Waals surface area (Å²) >= 11 is 0. The number of nitrogens with zero attached hydrogens (tertiary/aromatic N) is 1. The number of H-pyrrole nitrogens is 1. The lowest BCUT2D eigenvalue weighted by Crippen LogP contribution is -2.32. The maximum atomic E-state index is 13.2. The van der Waals surface area contributed by atoms with Gasteiger partial charge in [-0.3, -0.25) is 9.89 Å². The summed E-state index contributed by atoms with van der Waals surface area (Å²) in [4.78, 5) is 12.0. The van der Waals surface area contributed by atoms with Gasteiger partial charge in [0.1, 0.15) is 5.82 Å². The van der Waals surface area contributed by atoms with E-state index >= 15 is 0 Å². The molecule has 1 aromatic heterocycles. The fourth-order valence-electron chi connectivity index (χ4n) is 2.25. The molecule has 1 aromatic carbocycles. The quantitative estimate of drug-likeness (QED) is 0.884. The van der Waals surface area contributed by atoms with E-state index in [0.29, 0.717) is 17.4 Å². The molecule has 2 heterocycles. The normalized spacial score (nSPS) is 18.9. The monoisotopic (exact) mass is 263 g/mol. The third kappa shape index (κ3) is 2.44. The first kappa shape index (κ1) is 12.1. The van der Waals surface area contributed by atoms with Gasteiger partial charge in [-0.2, -0.15) is 5.10 Å². The van der Waals surface area contributed by atoms with Crippen LogP contribution >= 0.6 is 0 Å². The molecule has 6 heteroatoms. The molecule has 0 radical (unpaired) electrons. The number of hydrogen-bond acceptors (Lipinski definition) is 3. The summed E-state index contributed by atoms with van der Waals surface area (Å²) in [5.41, 5.74) is 0.858. The SMILES string of the molecule is O=C(NCC1CCCO1)c1n[nH]c2ccc(F)cc12. The van der Waals surface area contributed by atoms with E-state index in [0.717, 1.165) is 19.4 Å². The molecule has 0 saturated carbocycles. The predicted octanol–water partition coefficient (Wildman–Crippen LogP) is 1.61. The average molecular weight is 263 g/mol. The molecule has 2 N–H and O–H groups in total. The van der Waals surface area contributed by atoms with Crippen molar-refractivity contribution in [3.05, 3.63) is 29.7 Å². The first-order chi connectivity index (χ1) is 9.24. The number of amides is 1. The van der Waals surface area contributed by atoms with Crippen LogP contribution in [0.25, 0.3) is 10.9 Å². The van der Waals surface area contributed by atoms with Gasteiger partial charge in [0.15, 0.2) is 5.69 Å². The van der Waals surface area contributed by atoms with E-state index in [4.69, 9.17) is 4.74 Å². The number of carbonyl (C=O) groups excluding carboxylic acids is 1. The highest BCUT2D eigenvalue weighted by Crippen LogP contribution is 2.17. The van der Waals surface area contributed by atoms with Crippen LogP contribution in [-0.4, -0.2) is 35.4 Å². The molecule has 1 fully saturated rings. The van der Waals surface area contributed by atoms with Crippen LogP contribution in [0.4, 0.5) is 4.39 Å². The van der Waals surface area contributed by atoms with E-state index in [2.05, 4.69) is 15.5 Å². The maximum absolute atomic E-state index is 13.2. The van der Waals surface area contributed by atoms with Gasteiger partial charge < -0.3 is 10.1 Å². The van der Waals surface area contributed by atoms with Gasteiger partial charge >= 0.3 is 0 Å². The van der Waals surface area contributed by atoms with Crippen LogP contribution in [0.3, 0.4) is 0 Å². The number of aromatic amines is 1. The number of aromatic nitrogens is 2. The van der Waals surface area contributed by atoms with Gasteiger partial charge in [0, 0.05) is 18.5 Å². The molecule has 1 aliphatic rings. The second kappa shape index (κ2) is 4.97. The number of benzene rings is 1. The molecule has 1 saturated heterocycles. The van der Waals surface area contributed by atoms with Crippen molar-refractivity contribution in [2.75, 3.05) is 13.2 Å². The molecule has 100 valence electrons. The van der Waals surface area contributed by atoms with Crippen LogP contribution in [-0.2, 0) is 4.74 Å². The van der Waals surface area contributed by atoms with Crippen molar-refractivity contribution in [2.24, 2.45) is 0 Å². The summed E-state index contributed by atoms with van der Waals surface area (Å²) in [7, 11) is 0. The Labute approximate surface area is 109 Å². The topological polar surface area (TPSA) is 67.0 Å². The third-order valence-electron chi connectivity index (χ3n) is 3.25. The second-order valence-electron chi connectivity index (χ2n) is 4.61. The Hall–Kier alpha value is -1.95. The largest absolute Gasteiger partial charge is 0.376 e. The van der Waals surface area contributed by atoms with Gasteiger partial charge in [0.05, 0.1) is 11.6 Å². The Morgan fingerprint density at radius 2 is 2.47 bits per heavy atom. The van der Waals surface area contributed by atoms with Crippen molar-refractivity contribution in [3.63, 3.8) is 0 Å². The molecule has 0 aliphatic carbocycles. The minimum Gasteiger partial charge on any atom is -0.376 e. The number of halogens is 1. The summed E-state index contributed by atoms with van der Waals surface area (Å²) < 4.78 is 18.6. The summed E-state index contributed by atoms with van der Waals surface area (Å²) in [6, 6.07) is 4.20. The third-order valence-corrected chi connectivity index (χ3v) is 3.25. The van der Waals surface area contributed by atoms with Crippen LogP contribution in [0.5, 0.6) is 0 Å². The number of rotatable bonds is 3. The van der Waals surface area contributed by atoms with E-state index in [1.807, 2.05) is 0 Å². The summed E-state index contributed by atoms with van der Waals surface area (Å²) in [5.74, 6) is -0.700. The van der Waals surface area contributed by atoms with Gasteiger partial charge in [-0.25, -0.2) is 4.39 Å². The Bertz CT molecular complexity index is 605. The van der Waals surface area contributed by atoms with Crippen LogP contribution in [0.2, 0.25) is 0 Å². The molecule has 1 unspecified atom stereocenters. The minimum atomic E-state index is -0.387. The van der Waals surface area contributed by atoms with Crippen LogP contribution in [0, 0.1) is 5.82 Å². The molecule has 2 aromatic rings. The number of hydrogen-bond donors (Lipinski definition) is 2. The Morgan fingerprint density at radius 1 is 1.58 bits per heavy atom. The Balaban J connectivity index is 1.75. The van der Waals surface area contributed by atoms with Crippen LogP contribution < -0.4 is 5.32 Å². The minimum absolute atomic E-state index is 0.0749. The van der Waals surface area contributed by atoms with E-state index in [9.17, 15) is 9.18 Å². The van der Waals surface area contributed by atoms with Crippen molar-refractivity contribution in [1.29, 1.82) is 0 Å². The molecule has 19 heavy (non-hydrogen) atoms. The van der Waals surface area contributed by atoms with Crippen LogP contribution in [0.1, 0.15) is 23.3 Å². The van der Waals surface area contributed by atoms with Crippen molar-refractivity contribution in [2.45, 2.75) is 18.9 Å². The molecule has 1 aliphatic heterocycles. The lowest BCUT2D eigenvalue weighted by molar-refractivity contribution is 0.0855. The maximum Gasteiger partial charge on any atom is 0.272 e. The molecular weight excluding hydrogens is 249 g/mol. The van der Waals surface area contributed by atoms with Crippen molar-refractivity contribution >= 4 is 16.8 Å². The van der Waals surface area contributed by atoms with Crippen molar-refractivity contribution in [3.8, 4) is 0 Å². The standard InChI is InChI=1S/C13H14FN3O2/c14-8-3-4-11-10(6-8)12(17-16-11)13(18)15-7-9-2-1-5-19-9/h3-4,6,9H,1-2,5,7H2,(H,15,18)(H,16,17). The zero-order valence-corrected chi connectivity index (χ0v) is 10.3. The Kier molecular flexibility index (Phi) is 3.16. The predicted molar refractivity (Wildman–Crippen MR) is 67.4 cm³/mol. The number of carbonyl (C=O) groups is 1. The second-order valence-corrected chi connectivity index (χ2v) is 4.61. The number of nitrogens with one attached hydrogen (secondary N) is 2. The molecule has 5 nitrogen and oxygen atoms in total. The molecule has 1 atom stereocenters. The van der Waals surface area contributed by atoms with Crippen LogP contribution in [0.15, 0.2) is 18.2 Å². The molecule has 0 spiro atoms.